The van der Waals surface area contributed by atoms with E-state index in [4.69, 9.17) is 0 Å². The monoisotopic (exact) mass is 445 g/mol. The average Bonchev–Trinajstić information content (AvgIpc) is 2.87. The van der Waals surface area contributed by atoms with E-state index >= 15 is 0 Å². The van der Waals surface area contributed by atoms with E-state index in [0.717, 1.165) is 32.9 Å². The van der Waals surface area contributed by atoms with Crippen molar-refractivity contribution in [2.45, 2.75) is 0 Å². The van der Waals surface area contributed by atoms with E-state index in [0.29, 0.717) is 31.7 Å². The van der Waals surface area contributed by atoms with Gasteiger partial charge in [-0.1, -0.05) is 60.3 Å². The van der Waals surface area contributed by atoms with E-state index in [1.165, 1.54) is 16.8 Å². The summed E-state index contributed by atoms with van der Waals surface area (Å²) in [6, 6.07) is 21.1. The third-order valence-corrected chi connectivity index (χ3v) is 6.67. The first kappa shape index (κ1) is 20.9. The summed E-state index contributed by atoms with van der Waals surface area (Å²) in [5.41, 5.74) is 4.43. The van der Waals surface area contributed by atoms with Crippen LogP contribution in [-0.4, -0.2) is 52.2 Å². The van der Waals surface area contributed by atoms with Crippen LogP contribution in [0.3, 0.4) is 0 Å². The summed E-state index contributed by atoms with van der Waals surface area (Å²) in [5.74, 6) is -0.0584. The predicted molar refractivity (Wildman–Crippen MR) is 134 cm³/mol. The maximum absolute atomic E-state index is 12.0. The van der Waals surface area contributed by atoms with Crippen LogP contribution < -0.4 is 10.1 Å². The Labute approximate surface area is 196 Å². The van der Waals surface area contributed by atoms with Gasteiger partial charge in [-0.25, -0.2) is 0 Å². The molecule has 0 unspecified atom stereocenters. The number of benzene rings is 3. The smallest absolute Gasteiger partial charge is 0.246 e. The molecule has 5 rings (SSSR count). The third-order valence-electron chi connectivity index (χ3n) is 6.26. The normalized spacial score (nSPS) is 13.8. The van der Waals surface area contributed by atoms with Gasteiger partial charge in [-0.05, 0) is 34.0 Å². The number of hydrogen-bond acceptors (Lipinski definition) is 4. The molecule has 1 aliphatic rings. The van der Waals surface area contributed by atoms with Crippen LogP contribution in [0.15, 0.2) is 73.4 Å². The van der Waals surface area contributed by atoms with Crippen molar-refractivity contribution in [1.82, 2.24) is 9.88 Å². The molecule has 0 aliphatic carbocycles. The number of pyridine rings is 1. The van der Waals surface area contributed by atoms with Crippen LogP contribution in [0.2, 0.25) is 0 Å². The van der Waals surface area contributed by atoms with Crippen LogP contribution in [0.25, 0.3) is 32.8 Å². The summed E-state index contributed by atoms with van der Waals surface area (Å²) in [6.45, 7) is 6.06. The molecule has 6 heteroatoms. The van der Waals surface area contributed by atoms with E-state index in [2.05, 4.69) is 75.2 Å². The Balaban J connectivity index is 1.62. The van der Waals surface area contributed by atoms with Crippen LogP contribution in [0.4, 0.5) is 5.69 Å². The molecule has 2 heterocycles. The van der Waals surface area contributed by atoms with Gasteiger partial charge in [0.05, 0.1) is 27.0 Å². The Morgan fingerprint density at radius 1 is 1.03 bits per heavy atom. The Bertz CT molecular complexity index is 1440. The highest BCUT2D eigenvalue weighted by atomic mass is 28.1. The quantitative estimate of drug-likeness (QED) is 0.357. The minimum absolute atomic E-state index is 0.0584. The van der Waals surface area contributed by atoms with Crippen LogP contribution in [0.5, 0.6) is 0 Å². The van der Waals surface area contributed by atoms with Crippen molar-refractivity contribution in [2.24, 2.45) is 0 Å². The van der Waals surface area contributed by atoms with Gasteiger partial charge in [0.2, 0.25) is 5.91 Å². The number of aromatic nitrogens is 1. The first-order valence-electron chi connectivity index (χ1n) is 10.8. The summed E-state index contributed by atoms with van der Waals surface area (Å²) in [7, 11) is 3.85. The molecular formula is C27H21N4OSi. The summed E-state index contributed by atoms with van der Waals surface area (Å²) < 4.78 is 0. The van der Waals surface area contributed by atoms with Crippen LogP contribution in [0, 0.1) is 11.3 Å². The maximum atomic E-state index is 12.0. The van der Waals surface area contributed by atoms with Gasteiger partial charge < -0.3 is 9.80 Å². The van der Waals surface area contributed by atoms with Crippen molar-refractivity contribution < 1.29 is 4.79 Å². The number of piperazine rings is 1. The standard InChI is InChI=1S/C27H21N4OSi/c1-2-26(32)30-10-12-31(13-11-30)27-19(16-28)17-29-24-14-22(25(33)15-23(24)27)21-9-5-7-18-6-3-4-8-20(18)21/h2-9,14-15,17H,1,10-13H2. The molecule has 1 aromatic heterocycles. The molecule has 4 aromatic rings. The fraction of sp³-hybridized carbons (Fsp3) is 0.148. The Morgan fingerprint density at radius 3 is 2.55 bits per heavy atom. The zero-order valence-electron chi connectivity index (χ0n) is 18.1. The van der Waals surface area contributed by atoms with E-state index in [1.807, 2.05) is 12.1 Å². The molecule has 5 nitrogen and oxygen atoms in total. The van der Waals surface area contributed by atoms with Gasteiger partial charge in [0.1, 0.15) is 6.07 Å². The summed E-state index contributed by atoms with van der Waals surface area (Å²) >= 11 is 0. The molecule has 1 fully saturated rings. The number of anilines is 1. The Hall–Kier alpha value is -3.95. The summed E-state index contributed by atoms with van der Waals surface area (Å²) in [6.07, 6.45) is 3.00. The van der Waals surface area contributed by atoms with Crippen molar-refractivity contribution in [2.75, 3.05) is 31.1 Å². The van der Waals surface area contributed by atoms with Crippen molar-refractivity contribution in [1.29, 1.82) is 5.26 Å². The minimum Gasteiger partial charge on any atom is -0.366 e. The third kappa shape index (κ3) is 3.67. The second kappa shape index (κ2) is 8.53. The molecule has 1 aliphatic heterocycles. The largest absolute Gasteiger partial charge is 0.366 e. The highest BCUT2D eigenvalue weighted by molar-refractivity contribution is 6.37. The first-order valence-corrected chi connectivity index (χ1v) is 11.3. The number of fused-ring (bicyclic) bond motifs is 2. The number of rotatable bonds is 3. The van der Waals surface area contributed by atoms with Gasteiger partial charge in [0.15, 0.2) is 0 Å². The van der Waals surface area contributed by atoms with Gasteiger partial charge in [-0.15, -0.1) is 0 Å². The topological polar surface area (TPSA) is 60.2 Å². The summed E-state index contributed by atoms with van der Waals surface area (Å²) in [5, 5.41) is 14.0. The number of nitrogens with zero attached hydrogens (tertiary/aromatic N) is 4. The SMILES string of the molecule is C=CC(=O)N1CCN(c2c(C#N)cnc3cc(-c4cccc5ccccc45)c([Si])cc23)CC1. The van der Waals surface area contributed by atoms with Crippen LogP contribution in [0.1, 0.15) is 5.56 Å². The lowest BCUT2D eigenvalue weighted by Gasteiger charge is -2.36. The van der Waals surface area contributed by atoms with Crippen LogP contribution >= 0.6 is 0 Å². The second-order valence-corrected chi connectivity index (χ2v) is 8.63. The van der Waals surface area contributed by atoms with E-state index in [-0.39, 0.29) is 5.91 Å². The second-order valence-electron chi connectivity index (χ2n) is 8.09. The molecule has 159 valence electrons. The highest BCUT2D eigenvalue weighted by Crippen LogP contribution is 2.34. The number of carbonyl (C=O) groups excluding carboxylic acids is 1. The zero-order chi connectivity index (χ0) is 22.9. The minimum atomic E-state index is -0.0584. The number of amides is 1. The van der Waals surface area contributed by atoms with E-state index < -0.39 is 0 Å². The molecule has 1 amide bonds. The van der Waals surface area contributed by atoms with Crippen molar-refractivity contribution >= 4 is 48.7 Å². The fourth-order valence-electron chi connectivity index (χ4n) is 4.61. The van der Waals surface area contributed by atoms with Crippen LogP contribution in [-0.2, 0) is 4.79 Å². The van der Waals surface area contributed by atoms with Crippen molar-refractivity contribution in [3.63, 3.8) is 0 Å². The van der Waals surface area contributed by atoms with E-state index in [1.54, 1.807) is 11.1 Å². The number of carbonyl (C=O) groups is 1. The molecule has 1 saturated heterocycles. The molecule has 3 aromatic carbocycles. The lowest BCUT2D eigenvalue weighted by molar-refractivity contribution is -0.126. The number of hydrogen-bond donors (Lipinski definition) is 0. The zero-order valence-corrected chi connectivity index (χ0v) is 19.1. The Morgan fingerprint density at radius 2 is 1.79 bits per heavy atom. The van der Waals surface area contributed by atoms with Gasteiger partial charge in [-0.3, -0.25) is 9.78 Å². The molecule has 0 atom stereocenters. The van der Waals surface area contributed by atoms with Gasteiger partial charge >= 0.3 is 0 Å². The van der Waals surface area contributed by atoms with Gasteiger partial charge in [0.25, 0.3) is 0 Å². The van der Waals surface area contributed by atoms with Crippen molar-refractivity contribution in [3.05, 3.63) is 79.0 Å². The highest BCUT2D eigenvalue weighted by Gasteiger charge is 2.24. The molecule has 0 bridgehead atoms. The van der Waals surface area contributed by atoms with Crippen molar-refractivity contribution in [3.8, 4) is 17.2 Å². The van der Waals surface area contributed by atoms with E-state index in [9.17, 15) is 10.1 Å². The lowest BCUT2D eigenvalue weighted by Crippen LogP contribution is -2.48. The summed E-state index contributed by atoms with van der Waals surface area (Å²) in [4.78, 5) is 20.6. The molecule has 0 saturated carbocycles. The molecule has 3 radical (unpaired) electrons. The molecule has 33 heavy (non-hydrogen) atoms. The van der Waals surface area contributed by atoms with Gasteiger partial charge in [0, 0.05) is 37.8 Å². The van der Waals surface area contributed by atoms with Gasteiger partial charge in [-0.2, -0.15) is 5.26 Å². The molecule has 0 N–H and O–H groups in total. The predicted octanol–water partition coefficient (Wildman–Crippen LogP) is 3.56. The molecular weight excluding hydrogens is 424 g/mol. The average molecular weight is 446 g/mol. The first-order chi connectivity index (χ1) is 16.1. The Kier molecular flexibility index (Phi) is 5.41. The molecule has 0 spiro atoms. The fourth-order valence-corrected chi connectivity index (χ4v) is 4.96. The lowest BCUT2D eigenvalue weighted by atomic mass is 9.96. The maximum Gasteiger partial charge on any atom is 0.246 e. The number of nitriles is 1.